The van der Waals surface area contributed by atoms with Crippen LogP contribution < -0.4 is 0 Å². The van der Waals surface area contributed by atoms with E-state index in [2.05, 4.69) is 18.9 Å². The van der Waals surface area contributed by atoms with Gasteiger partial charge in [-0.05, 0) is 41.5 Å². The second kappa shape index (κ2) is 7.57. The third kappa shape index (κ3) is 3.96. The Hall–Kier alpha value is -2.19. The van der Waals surface area contributed by atoms with Gasteiger partial charge >= 0.3 is 0 Å². The Kier molecular flexibility index (Phi) is 5.25. The highest BCUT2D eigenvalue weighted by atomic mass is 32.2. The van der Waals surface area contributed by atoms with Crippen LogP contribution in [0.1, 0.15) is 43.2 Å². The summed E-state index contributed by atoms with van der Waals surface area (Å²) in [4.78, 5) is 14.9. The molecule has 2 unspecified atom stereocenters. The Morgan fingerprint density at radius 2 is 1.76 bits per heavy atom. The number of nitrogens with zero attached hydrogens (tertiary/aromatic N) is 4. The van der Waals surface area contributed by atoms with E-state index in [4.69, 9.17) is 0 Å². The van der Waals surface area contributed by atoms with Crippen LogP contribution in [0.3, 0.4) is 0 Å². The number of amides is 1. The number of benzene rings is 1. The Labute approximate surface area is 172 Å². The lowest BCUT2D eigenvalue weighted by atomic mass is 10.0. The number of carbonyl (C=O) groups is 1. The molecule has 1 amide bonds. The zero-order valence-corrected chi connectivity index (χ0v) is 18.0. The summed E-state index contributed by atoms with van der Waals surface area (Å²) < 4.78 is 29.1. The maximum Gasteiger partial charge on any atom is 0.243 e. The van der Waals surface area contributed by atoms with Gasteiger partial charge < -0.3 is 4.90 Å². The Bertz CT molecular complexity index is 989. The quantitative estimate of drug-likeness (QED) is 0.749. The highest BCUT2D eigenvalue weighted by Crippen LogP contribution is 2.48. The average Bonchev–Trinajstić information content (AvgIpc) is 3.40. The standard InChI is InChI=1S/C21H28N4O3S/c1-15(2)16-4-6-18(7-5-16)29(27,28)25-10-8-24(9-11-25)21(26)20-12-19(20)17-13-22-23(3)14-17/h4-7,13-15,19-20H,8-12H2,1-3H3. The minimum Gasteiger partial charge on any atom is -0.340 e. The number of hydrogen-bond acceptors (Lipinski definition) is 4. The molecule has 2 fully saturated rings. The van der Waals surface area contributed by atoms with Gasteiger partial charge in [-0.3, -0.25) is 9.48 Å². The van der Waals surface area contributed by atoms with Crippen molar-refractivity contribution in [1.82, 2.24) is 19.0 Å². The third-order valence-electron chi connectivity index (χ3n) is 6.00. The molecule has 1 aliphatic heterocycles. The maximum absolute atomic E-state index is 12.9. The molecule has 0 N–H and O–H groups in total. The molecule has 29 heavy (non-hydrogen) atoms. The van der Waals surface area contributed by atoms with E-state index in [1.165, 1.54) is 4.31 Å². The van der Waals surface area contributed by atoms with Crippen LogP contribution in [0.2, 0.25) is 0 Å². The Morgan fingerprint density at radius 1 is 1.10 bits per heavy atom. The fraction of sp³-hybridized carbons (Fsp3) is 0.524. The molecule has 2 aromatic rings. The van der Waals surface area contributed by atoms with Crippen LogP contribution in [-0.2, 0) is 21.9 Å². The summed E-state index contributed by atoms with van der Waals surface area (Å²) in [6.45, 7) is 5.72. The van der Waals surface area contributed by atoms with Crippen molar-refractivity contribution < 1.29 is 13.2 Å². The van der Waals surface area contributed by atoms with Crippen molar-refractivity contribution in [2.75, 3.05) is 26.2 Å². The summed E-state index contributed by atoms with van der Waals surface area (Å²) >= 11 is 0. The SMILES string of the molecule is CC(C)c1ccc(S(=O)(=O)N2CCN(C(=O)C3CC3c3cnn(C)c3)CC2)cc1. The lowest BCUT2D eigenvalue weighted by Crippen LogP contribution is -2.51. The molecule has 1 aromatic carbocycles. The van der Waals surface area contributed by atoms with E-state index >= 15 is 0 Å². The molecule has 0 spiro atoms. The summed E-state index contributed by atoms with van der Waals surface area (Å²) in [5, 5.41) is 4.18. The lowest BCUT2D eigenvalue weighted by Gasteiger charge is -2.34. The Balaban J connectivity index is 1.36. The molecule has 4 rings (SSSR count). The summed E-state index contributed by atoms with van der Waals surface area (Å²) in [6, 6.07) is 7.13. The number of sulfonamides is 1. The zero-order valence-electron chi connectivity index (χ0n) is 17.2. The lowest BCUT2D eigenvalue weighted by molar-refractivity contribution is -0.133. The van der Waals surface area contributed by atoms with Gasteiger partial charge in [0, 0.05) is 45.3 Å². The first-order chi connectivity index (χ1) is 13.8. The minimum atomic E-state index is -3.52. The van der Waals surface area contributed by atoms with Gasteiger partial charge in [0.05, 0.1) is 11.1 Å². The molecular weight excluding hydrogens is 388 g/mol. The van der Waals surface area contributed by atoms with Crippen LogP contribution in [-0.4, -0.2) is 59.5 Å². The number of hydrogen-bond donors (Lipinski definition) is 0. The fourth-order valence-corrected chi connectivity index (χ4v) is 5.45. The van der Waals surface area contributed by atoms with Gasteiger partial charge in [0.15, 0.2) is 0 Å². The van der Waals surface area contributed by atoms with E-state index in [0.717, 1.165) is 17.5 Å². The van der Waals surface area contributed by atoms with Gasteiger partial charge in [-0.15, -0.1) is 0 Å². The second-order valence-corrected chi connectivity index (χ2v) is 10.3. The Morgan fingerprint density at radius 3 is 2.31 bits per heavy atom. The number of piperazine rings is 1. The highest BCUT2D eigenvalue weighted by molar-refractivity contribution is 7.89. The van der Waals surface area contributed by atoms with Crippen molar-refractivity contribution in [3.8, 4) is 0 Å². The predicted octanol–water partition coefficient (Wildman–Crippen LogP) is 2.18. The van der Waals surface area contributed by atoms with Crippen LogP contribution in [0.25, 0.3) is 0 Å². The van der Waals surface area contributed by atoms with Gasteiger partial charge in [-0.2, -0.15) is 9.40 Å². The van der Waals surface area contributed by atoms with Gasteiger partial charge in [-0.25, -0.2) is 8.42 Å². The molecule has 1 aliphatic carbocycles. The van der Waals surface area contributed by atoms with Gasteiger partial charge in [0.1, 0.15) is 0 Å². The van der Waals surface area contributed by atoms with Crippen molar-refractivity contribution in [2.45, 2.75) is 37.0 Å². The summed E-state index contributed by atoms with van der Waals surface area (Å²) in [5.41, 5.74) is 2.23. The number of aromatic nitrogens is 2. The molecule has 1 saturated heterocycles. The van der Waals surface area contributed by atoms with Crippen molar-refractivity contribution in [1.29, 1.82) is 0 Å². The largest absolute Gasteiger partial charge is 0.340 e. The topological polar surface area (TPSA) is 75.5 Å². The van der Waals surface area contributed by atoms with Crippen molar-refractivity contribution in [3.63, 3.8) is 0 Å². The van der Waals surface area contributed by atoms with Crippen LogP contribution in [0, 0.1) is 5.92 Å². The average molecular weight is 417 g/mol. The minimum absolute atomic E-state index is 0.00550. The summed E-state index contributed by atoms with van der Waals surface area (Å²) in [5.74, 6) is 0.750. The maximum atomic E-state index is 12.9. The van der Waals surface area contributed by atoms with E-state index in [9.17, 15) is 13.2 Å². The molecule has 156 valence electrons. The smallest absolute Gasteiger partial charge is 0.243 e. The number of carbonyl (C=O) groups excluding carboxylic acids is 1. The van der Waals surface area contributed by atoms with E-state index in [1.807, 2.05) is 36.5 Å². The van der Waals surface area contributed by atoms with Crippen LogP contribution in [0.15, 0.2) is 41.6 Å². The summed E-state index contributed by atoms with van der Waals surface area (Å²) in [6.07, 6.45) is 4.64. The molecular formula is C21H28N4O3S. The first-order valence-corrected chi connectivity index (χ1v) is 11.6. The molecule has 2 aliphatic rings. The third-order valence-corrected chi connectivity index (χ3v) is 7.91. The molecule has 7 nitrogen and oxygen atoms in total. The van der Waals surface area contributed by atoms with Gasteiger partial charge in [-0.1, -0.05) is 26.0 Å². The van der Waals surface area contributed by atoms with E-state index < -0.39 is 10.0 Å². The van der Waals surface area contributed by atoms with Crippen molar-refractivity contribution in [3.05, 3.63) is 47.8 Å². The molecule has 2 atom stereocenters. The molecule has 1 aromatic heterocycles. The van der Waals surface area contributed by atoms with Gasteiger partial charge in [0.2, 0.25) is 15.9 Å². The zero-order chi connectivity index (χ0) is 20.8. The molecule has 8 heteroatoms. The van der Waals surface area contributed by atoms with Crippen molar-refractivity contribution >= 4 is 15.9 Å². The first-order valence-electron chi connectivity index (χ1n) is 10.1. The summed E-state index contributed by atoms with van der Waals surface area (Å²) in [7, 11) is -1.65. The number of rotatable bonds is 5. The highest BCUT2D eigenvalue weighted by Gasteiger charge is 2.47. The number of aryl methyl sites for hydroxylation is 1. The van der Waals surface area contributed by atoms with Crippen LogP contribution >= 0.6 is 0 Å². The molecule has 0 bridgehead atoms. The molecule has 1 saturated carbocycles. The molecule has 2 heterocycles. The molecule has 0 radical (unpaired) electrons. The fourth-order valence-electron chi connectivity index (χ4n) is 4.03. The van der Waals surface area contributed by atoms with Crippen LogP contribution in [0.4, 0.5) is 0 Å². The first kappa shape index (κ1) is 20.1. The monoisotopic (exact) mass is 416 g/mol. The van der Waals surface area contributed by atoms with E-state index in [1.54, 1.807) is 16.8 Å². The second-order valence-electron chi connectivity index (χ2n) is 8.35. The van der Waals surface area contributed by atoms with Crippen LogP contribution in [0.5, 0.6) is 0 Å². The van der Waals surface area contributed by atoms with E-state index in [0.29, 0.717) is 37.0 Å². The predicted molar refractivity (Wildman–Crippen MR) is 110 cm³/mol. The van der Waals surface area contributed by atoms with Gasteiger partial charge in [0.25, 0.3) is 0 Å². The van der Waals surface area contributed by atoms with Crippen molar-refractivity contribution in [2.24, 2.45) is 13.0 Å². The van der Waals surface area contributed by atoms with E-state index in [-0.39, 0.29) is 17.7 Å². The normalized spacial score (nSPS) is 22.8.